The molecule has 100 valence electrons. The number of ether oxygens (including phenoxy) is 1. The number of amides is 1. The van der Waals surface area contributed by atoms with Gasteiger partial charge in [0.2, 0.25) is 5.91 Å². The number of hydrogen-bond acceptors (Lipinski definition) is 3. The van der Waals surface area contributed by atoms with E-state index >= 15 is 0 Å². The molecule has 0 saturated heterocycles. The molecule has 0 fully saturated rings. The zero-order chi connectivity index (χ0) is 13.4. The minimum absolute atomic E-state index is 0.112. The summed E-state index contributed by atoms with van der Waals surface area (Å²) in [4.78, 5) is 10.9. The van der Waals surface area contributed by atoms with Gasteiger partial charge in [-0.2, -0.15) is 0 Å². The van der Waals surface area contributed by atoms with Crippen LogP contribution >= 0.6 is 15.9 Å². The zero-order valence-corrected chi connectivity index (χ0v) is 12.1. The number of carbonyl (C=O) groups excluding carboxylic acids is 1. The minimum atomic E-state index is -0.112. The van der Waals surface area contributed by atoms with E-state index in [9.17, 15) is 4.79 Å². The average molecular weight is 315 g/mol. The monoisotopic (exact) mass is 314 g/mol. The highest BCUT2D eigenvalue weighted by molar-refractivity contribution is 9.10. The Morgan fingerprint density at radius 2 is 2.17 bits per heavy atom. The maximum absolute atomic E-state index is 10.9. The van der Waals surface area contributed by atoms with Crippen molar-refractivity contribution in [1.29, 1.82) is 0 Å². The average Bonchev–Trinajstić information content (AvgIpc) is 2.37. The Morgan fingerprint density at radius 3 is 2.83 bits per heavy atom. The molecule has 3 N–H and O–H groups in total. The van der Waals surface area contributed by atoms with Gasteiger partial charge in [-0.05, 0) is 49.9 Å². The van der Waals surface area contributed by atoms with Crippen LogP contribution in [0.1, 0.15) is 31.2 Å². The summed E-state index contributed by atoms with van der Waals surface area (Å²) in [5.74, 6) is 5.76. The first-order valence-corrected chi connectivity index (χ1v) is 6.81. The van der Waals surface area contributed by atoms with Crippen molar-refractivity contribution in [3.8, 4) is 5.75 Å². The predicted octanol–water partition coefficient (Wildman–Crippen LogP) is 2.69. The van der Waals surface area contributed by atoms with E-state index in [0.29, 0.717) is 13.0 Å². The molecule has 0 aliphatic rings. The van der Waals surface area contributed by atoms with E-state index in [0.717, 1.165) is 35.0 Å². The maximum atomic E-state index is 10.9. The lowest BCUT2D eigenvalue weighted by Gasteiger charge is -2.07. The van der Waals surface area contributed by atoms with Crippen molar-refractivity contribution in [2.24, 2.45) is 5.84 Å². The van der Waals surface area contributed by atoms with Gasteiger partial charge in [0.25, 0.3) is 0 Å². The third-order valence-electron chi connectivity index (χ3n) is 2.61. The van der Waals surface area contributed by atoms with Crippen molar-refractivity contribution in [3.05, 3.63) is 28.2 Å². The number of hydrogen-bond donors (Lipinski definition) is 2. The molecule has 1 aromatic carbocycles. The lowest BCUT2D eigenvalue weighted by Crippen LogP contribution is -2.29. The van der Waals surface area contributed by atoms with Crippen LogP contribution in [-0.2, 0) is 4.79 Å². The first kappa shape index (κ1) is 15.0. The van der Waals surface area contributed by atoms with Crippen LogP contribution in [0.15, 0.2) is 22.7 Å². The topological polar surface area (TPSA) is 64.3 Å². The number of unbranched alkanes of at least 4 members (excludes halogenated alkanes) is 2. The maximum Gasteiger partial charge on any atom is 0.233 e. The fraction of sp³-hybridized carbons (Fsp3) is 0.462. The Morgan fingerprint density at radius 1 is 1.39 bits per heavy atom. The second kappa shape index (κ2) is 8.11. The molecule has 0 saturated carbocycles. The molecule has 1 aromatic rings. The molecule has 5 heteroatoms. The Labute approximate surface area is 116 Å². The summed E-state index contributed by atoms with van der Waals surface area (Å²) in [5.41, 5.74) is 3.28. The van der Waals surface area contributed by atoms with Crippen LogP contribution in [-0.4, -0.2) is 12.5 Å². The largest absolute Gasteiger partial charge is 0.494 e. The van der Waals surface area contributed by atoms with Crippen LogP contribution in [0.4, 0.5) is 0 Å². The molecule has 1 amide bonds. The van der Waals surface area contributed by atoms with Gasteiger partial charge >= 0.3 is 0 Å². The number of carbonyl (C=O) groups is 1. The Kier molecular flexibility index (Phi) is 6.75. The van der Waals surface area contributed by atoms with Gasteiger partial charge in [0.1, 0.15) is 5.75 Å². The Balaban J connectivity index is 2.14. The van der Waals surface area contributed by atoms with Crippen molar-refractivity contribution in [3.63, 3.8) is 0 Å². The number of rotatable bonds is 7. The zero-order valence-electron chi connectivity index (χ0n) is 10.5. The summed E-state index contributed by atoms with van der Waals surface area (Å²) in [5, 5.41) is 0. The van der Waals surface area contributed by atoms with E-state index < -0.39 is 0 Å². The summed E-state index contributed by atoms with van der Waals surface area (Å²) in [6.07, 6.45) is 3.22. The second-order valence-electron chi connectivity index (χ2n) is 4.14. The minimum Gasteiger partial charge on any atom is -0.494 e. The summed E-state index contributed by atoms with van der Waals surface area (Å²) in [6.45, 7) is 2.70. The van der Waals surface area contributed by atoms with Gasteiger partial charge < -0.3 is 4.74 Å². The lowest BCUT2D eigenvalue weighted by molar-refractivity contribution is -0.121. The molecular weight excluding hydrogens is 296 g/mol. The molecule has 0 atom stereocenters. The lowest BCUT2D eigenvalue weighted by atomic mass is 10.2. The molecule has 0 heterocycles. The van der Waals surface area contributed by atoms with E-state index in [2.05, 4.69) is 21.4 Å². The highest BCUT2D eigenvalue weighted by Crippen LogP contribution is 2.21. The molecule has 0 aromatic heterocycles. The fourth-order valence-corrected chi connectivity index (χ4v) is 1.78. The first-order valence-electron chi connectivity index (χ1n) is 6.02. The van der Waals surface area contributed by atoms with Gasteiger partial charge in [-0.25, -0.2) is 5.84 Å². The molecular formula is C13H19BrN2O2. The number of benzene rings is 1. The molecule has 0 aliphatic heterocycles. The number of nitrogens with one attached hydrogen (secondary N) is 1. The van der Waals surface area contributed by atoms with Crippen molar-refractivity contribution >= 4 is 21.8 Å². The van der Waals surface area contributed by atoms with Gasteiger partial charge in [0.15, 0.2) is 0 Å². The van der Waals surface area contributed by atoms with Crippen LogP contribution in [0.5, 0.6) is 5.75 Å². The molecule has 0 unspecified atom stereocenters. The molecule has 0 radical (unpaired) electrons. The first-order chi connectivity index (χ1) is 8.63. The number of hydrazine groups is 1. The van der Waals surface area contributed by atoms with Crippen LogP contribution < -0.4 is 16.0 Å². The van der Waals surface area contributed by atoms with Gasteiger partial charge in [-0.3, -0.25) is 10.2 Å². The third kappa shape index (κ3) is 5.51. The standard InChI is InChI=1S/C13H19BrN2O2/c1-10-9-11(6-7-12(10)14)18-8-4-2-3-5-13(17)16-15/h6-7,9H,2-5,8,15H2,1H3,(H,16,17). The van der Waals surface area contributed by atoms with E-state index in [4.69, 9.17) is 10.6 Å². The normalized spacial score (nSPS) is 10.2. The number of nitrogens with two attached hydrogens (primary N) is 1. The molecule has 1 rings (SSSR count). The molecule has 0 aliphatic carbocycles. The van der Waals surface area contributed by atoms with Gasteiger partial charge in [0.05, 0.1) is 6.61 Å². The van der Waals surface area contributed by atoms with Crippen molar-refractivity contribution < 1.29 is 9.53 Å². The highest BCUT2D eigenvalue weighted by Gasteiger charge is 2.00. The van der Waals surface area contributed by atoms with Crippen molar-refractivity contribution in [1.82, 2.24) is 5.43 Å². The summed E-state index contributed by atoms with van der Waals surface area (Å²) in [7, 11) is 0. The van der Waals surface area contributed by atoms with Gasteiger partial charge in [0, 0.05) is 10.9 Å². The molecule has 0 spiro atoms. The van der Waals surface area contributed by atoms with E-state index in [-0.39, 0.29) is 5.91 Å². The number of aryl methyl sites for hydroxylation is 1. The SMILES string of the molecule is Cc1cc(OCCCCCC(=O)NN)ccc1Br. The van der Waals surface area contributed by atoms with Crippen LogP contribution in [0, 0.1) is 6.92 Å². The van der Waals surface area contributed by atoms with E-state index in [1.165, 1.54) is 0 Å². The summed E-state index contributed by atoms with van der Waals surface area (Å²) in [6, 6.07) is 5.93. The molecule has 4 nitrogen and oxygen atoms in total. The Hall–Kier alpha value is -1.07. The Bertz CT molecular complexity index is 397. The van der Waals surface area contributed by atoms with Gasteiger partial charge in [-0.15, -0.1) is 0 Å². The number of halogens is 1. The quantitative estimate of drug-likeness (QED) is 0.352. The van der Waals surface area contributed by atoms with Crippen molar-refractivity contribution in [2.45, 2.75) is 32.6 Å². The second-order valence-corrected chi connectivity index (χ2v) is 4.99. The van der Waals surface area contributed by atoms with Crippen molar-refractivity contribution in [2.75, 3.05) is 6.61 Å². The van der Waals surface area contributed by atoms with Crippen LogP contribution in [0.3, 0.4) is 0 Å². The highest BCUT2D eigenvalue weighted by atomic mass is 79.9. The van der Waals surface area contributed by atoms with Crippen LogP contribution in [0.2, 0.25) is 0 Å². The third-order valence-corrected chi connectivity index (χ3v) is 3.50. The van der Waals surface area contributed by atoms with E-state index in [1.54, 1.807) is 0 Å². The fourth-order valence-electron chi connectivity index (χ4n) is 1.53. The predicted molar refractivity (Wildman–Crippen MR) is 75.2 cm³/mol. The summed E-state index contributed by atoms with van der Waals surface area (Å²) >= 11 is 3.45. The molecule has 18 heavy (non-hydrogen) atoms. The smallest absolute Gasteiger partial charge is 0.233 e. The van der Waals surface area contributed by atoms with E-state index in [1.807, 2.05) is 25.1 Å². The summed E-state index contributed by atoms with van der Waals surface area (Å²) < 4.78 is 6.71. The molecule has 0 bridgehead atoms. The van der Waals surface area contributed by atoms with Gasteiger partial charge in [-0.1, -0.05) is 15.9 Å². The van der Waals surface area contributed by atoms with Crippen LogP contribution in [0.25, 0.3) is 0 Å².